The Morgan fingerprint density at radius 2 is 1.57 bits per heavy atom. The van der Waals surface area contributed by atoms with Crippen molar-refractivity contribution in [1.29, 1.82) is 0 Å². The van der Waals surface area contributed by atoms with Crippen LogP contribution < -0.4 is 24.0 Å². The third-order valence-corrected chi connectivity index (χ3v) is 11.3. The van der Waals surface area contributed by atoms with Crippen molar-refractivity contribution in [2.24, 2.45) is 0 Å². The molecule has 0 aromatic heterocycles. The quantitative estimate of drug-likeness (QED) is 0.263. The van der Waals surface area contributed by atoms with Gasteiger partial charge in [0.1, 0.15) is 5.75 Å². The summed E-state index contributed by atoms with van der Waals surface area (Å²) >= 11 is 0. The fourth-order valence-electron chi connectivity index (χ4n) is 5.80. The summed E-state index contributed by atoms with van der Waals surface area (Å²) in [7, 11) is -6.63. The molecular weight excluding hydrogens is 629 g/mol. The normalized spacial score (nSPS) is 16.5. The first-order valence-corrected chi connectivity index (χ1v) is 17.7. The van der Waals surface area contributed by atoms with Gasteiger partial charge in [-0.15, -0.1) is 0 Å². The Hall–Kier alpha value is -4.59. The van der Waals surface area contributed by atoms with Gasteiger partial charge in [-0.3, -0.25) is 13.8 Å². The Kier molecular flexibility index (Phi) is 8.64. The summed E-state index contributed by atoms with van der Waals surface area (Å²) in [5, 5.41) is 2.85. The molecule has 6 rings (SSSR count). The standard InChI is InChI=1S/C33H34N4O7S2/c1-23-20-24-8-3-5-12-30(24)37(23)46(41,42)27-10-7-9-25(21-27)33(38)34-29-22-26(14-15-31(29)36-16-18-44-19-17-36)45(39,40)35-28-11-4-6-13-32(28)43-2/h3-15,21-23,35H,16-20H2,1-2H3,(H,34,38)/t23-/m1/s1. The van der Waals surface area contributed by atoms with Crippen LogP contribution in [0, 0.1) is 0 Å². The molecule has 2 aliphatic rings. The maximum Gasteiger partial charge on any atom is 0.264 e. The molecule has 11 nitrogen and oxygen atoms in total. The van der Waals surface area contributed by atoms with Gasteiger partial charge in [0.25, 0.3) is 26.0 Å². The third-order valence-electron chi connectivity index (χ3n) is 8.03. The van der Waals surface area contributed by atoms with Crippen molar-refractivity contribution >= 4 is 48.7 Å². The SMILES string of the molecule is COc1ccccc1NS(=O)(=O)c1ccc(N2CCOCC2)c(NC(=O)c2cccc(S(=O)(=O)N3c4ccccc4C[C@H]3C)c2)c1. The zero-order valence-corrected chi connectivity index (χ0v) is 27.0. The molecule has 1 atom stereocenters. The number of nitrogens with zero attached hydrogens (tertiary/aromatic N) is 2. The lowest BCUT2D eigenvalue weighted by molar-refractivity contribution is 0.102. The van der Waals surface area contributed by atoms with Crippen LogP contribution in [0.4, 0.5) is 22.7 Å². The van der Waals surface area contributed by atoms with Gasteiger partial charge in [-0.2, -0.15) is 0 Å². The second kappa shape index (κ2) is 12.7. The van der Waals surface area contributed by atoms with E-state index in [0.29, 0.717) is 49.8 Å². The number of morpholine rings is 1. The number of amides is 1. The molecule has 4 aromatic rings. The minimum Gasteiger partial charge on any atom is -0.495 e. The van der Waals surface area contributed by atoms with E-state index in [1.54, 1.807) is 42.5 Å². The second-order valence-corrected chi connectivity index (χ2v) is 14.5. The van der Waals surface area contributed by atoms with Crippen LogP contribution in [0.5, 0.6) is 5.75 Å². The van der Waals surface area contributed by atoms with E-state index < -0.39 is 26.0 Å². The minimum absolute atomic E-state index is 0.0190. The van der Waals surface area contributed by atoms with E-state index in [1.165, 1.54) is 47.8 Å². The number of hydrogen-bond donors (Lipinski definition) is 2. The van der Waals surface area contributed by atoms with Gasteiger partial charge in [-0.25, -0.2) is 16.8 Å². The van der Waals surface area contributed by atoms with Crippen molar-refractivity contribution in [2.75, 3.05) is 52.7 Å². The van der Waals surface area contributed by atoms with Crippen molar-refractivity contribution in [2.45, 2.75) is 29.2 Å². The molecule has 1 amide bonds. The van der Waals surface area contributed by atoms with E-state index >= 15 is 0 Å². The number of rotatable bonds is 9. The van der Waals surface area contributed by atoms with Gasteiger partial charge in [-0.1, -0.05) is 36.4 Å². The summed E-state index contributed by atoms with van der Waals surface area (Å²) in [5.74, 6) is -0.236. The van der Waals surface area contributed by atoms with Gasteiger partial charge < -0.3 is 19.7 Å². The van der Waals surface area contributed by atoms with Crippen LogP contribution in [-0.4, -0.2) is 62.2 Å². The number of carbonyl (C=O) groups is 1. The van der Waals surface area contributed by atoms with Crippen LogP contribution in [0.2, 0.25) is 0 Å². The van der Waals surface area contributed by atoms with E-state index in [1.807, 2.05) is 24.0 Å². The predicted octanol–water partition coefficient (Wildman–Crippen LogP) is 4.72. The van der Waals surface area contributed by atoms with Crippen LogP contribution in [0.1, 0.15) is 22.8 Å². The molecule has 1 saturated heterocycles. The number of methoxy groups -OCH3 is 1. The monoisotopic (exact) mass is 662 g/mol. The van der Waals surface area contributed by atoms with Crippen LogP contribution >= 0.6 is 0 Å². The van der Waals surface area contributed by atoms with E-state index in [9.17, 15) is 21.6 Å². The Balaban J connectivity index is 1.32. The first kappa shape index (κ1) is 31.4. The molecule has 0 aliphatic carbocycles. The Morgan fingerprint density at radius 1 is 0.826 bits per heavy atom. The van der Waals surface area contributed by atoms with E-state index in [4.69, 9.17) is 9.47 Å². The fraction of sp³-hybridized carbons (Fsp3) is 0.242. The molecule has 2 aliphatic heterocycles. The van der Waals surface area contributed by atoms with Gasteiger partial charge in [0.2, 0.25) is 0 Å². The molecule has 4 aromatic carbocycles. The smallest absolute Gasteiger partial charge is 0.264 e. The largest absolute Gasteiger partial charge is 0.495 e. The molecule has 0 radical (unpaired) electrons. The van der Waals surface area contributed by atoms with Crippen LogP contribution in [0.15, 0.2) is 101 Å². The Labute approximate surface area is 268 Å². The maximum absolute atomic E-state index is 13.8. The van der Waals surface area contributed by atoms with Gasteiger partial charge in [0.05, 0.1) is 52.9 Å². The fourth-order valence-corrected chi connectivity index (χ4v) is 8.64. The number of ether oxygens (including phenoxy) is 2. The third kappa shape index (κ3) is 6.13. The number of carbonyl (C=O) groups excluding carboxylic acids is 1. The summed E-state index contributed by atoms with van der Waals surface area (Å²) < 4.78 is 69.4. The van der Waals surface area contributed by atoms with Crippen molar-refractivity contribution in [3.05, 3.63) is 102 Å². The van der Waals surface area contributed by atoms with E-state index in [-0.39, 0.29) is 32.8 Å². The predicted molar refractivity (Wildman–Crippen MR) is 177 cm³/mol. The zero-order valence-electron chi connectivity index (χ0n) is 25.3. The highest BCUT2D eigenvalue weighted by molar-refractivity contribution is 7.93. The van der Waals surface area contributed by atoms with Crippen LogP contribution in [0.25, 0.3) is 0 Å². The summed E-state index contributed by atoms with van der Waals surface area (Å²) in [6, 6.07) is 24.1. The highest BCUT2D eigenvalue weighted by Crippen LogP contribution is 2.37. The molecule has 240 valence electrons. The van der Waals surface area contributed by atoms with Gasteiger partial charge in [0, 0.05) is 24.7 Å². The van der Waals surface area contributed by atoms with Crippen molar-refractivity contribution in [1.82, 2.24) is 0 Å². The molecule has 0 bridgehead atoms. The first-order chi connectivity index (χ1) is 22.1. The average molecular weight is 663 g/mol. The summed E-state index contributed by atoms with van der Waals surface area (Å²) in [6.45, 7) is 3.88. The van der Waals surface area contributed by atoms with Gasteiger partial charge in [-0.05, 0) is 73.5 Å². The number of hydrogen-bond acceptors (Lipinski definition) is 8. The molecule has 2 N–H and O–H groups in total. The molecule has 0 unspecified atom stereocenters. The van der Waals surface area contributed by atoms with E-state index in [0.717, 1.165) is 5.56 Å². The molecule has 13 heteroatoms. The lowest BCUT2D eigenvalue weighted by Crippen LogP contribution is -2.37. The number of para-hydroxylation sites is 3. The maximum atomic E-state index is 13.8. The highest BCUT2D eigenvalue weighted by atomic mass is 32.2. The number of nitrogens with one attached hydrogen (secondary N) is 2. The minimum atomic E-state index is -4.09. The van der Waals surface area contributed by atoms with Gasteiger partial charge >= 0.3 is 0 Å². The number of anilines is 4. The van der Waals surface area contributed by atoms with E-state index in [2.05, 4.69) is 10.0 Å². The average Bonchev–Trinajstić information content (AvgIpc) is 3.41. The number of benzene rings is 4. The second-order valence-electron chi connectivity index (χ2n) is 11.0. The van der Waals surface area contributed by atoms with Crippen molar-refractivity contribution in [3.63, 3.8) is 0 Å². The highest BCUT2D eigenvalue weighted by Gasteiger charge is 2.36. The number of fused-ring (bicyclic) bond motifs is 1. The van der Waals surface area contributed by atoms with Crippen LogP contribution in [-0.2, 0) is 31.2 Å². The Morgan fingerprint density at radius 3 is 2.35 bits per heavy atom. The summed E-state index contributed by atoms with van der Waals surface area (Å²) in [5.41, 5.74) is 2.80. The first-order valence-electron chi connectivity index (χ1n) is 14.7. The molecule has 2 heterocycles. The number of sulfonamides is 2. The lowest BCUT2D eigenvalue weighted by Gasteiger charge is -2.31. The molecule has 46 heavy (non-hydrogen) atoms. The Bertz CT molecular complexity index is 1990. The van der Waals surface area contributed by atoms with Crippen molar-refractivity contribution < 1.29 is 31.1 Å². The molecule has 0 saturated carbocycles. The lowest BCUT2D eigenvalue weighted by atomic mass is 10.1. The molecule has 0 spiro atoms. The zero-order chi connectivity index (χ0) is 32.5. The van der Waals surface area contributed by atoms with Gasteiger partial charge in [0.15, 0.2) is 0 Å². The van der Waals surface area contributed by atoms with Crippen molar-refractivity contribution in [3.8, 4) is 5.75 Å². The molecular formula is C33H34N4O7S2. The summed E-state index contributed by atoms with van der Waals surface area (Å²) in [4.78, 5) is 15.6. The topological polar surface area (TPSA) is 134 Å². The summed E-state index contributed by atoms with van der Waals surface area (Å²) in [6.07, 6.45) is 0.588. The molecule has 1 fully saturated rings. The van der Waals surface area contributed by atoms with Crippen LogP contribution in [0.3, 0.4) is 0 Å².